The van der Waals surface area contributed by atoms with Gasteiger partial charge in [-0.05, 0) is 78.8 Å². The van der Waals surface area contributed by atoms with Gasteiger partial charge in [-0.15, -0.1) is 0 Å². The second-order valence-electron chi connectivity index (χ2n) is 10.2. The quantitative estimate of drug-likeness (QED) is 0.227. The molecule has 4 aromatic carbocycles. The monoisotopic (exact) mass is 519 g/mol. The van der Waals surface area contributed by atoms with Crippen molar-refractivity contribution in [3.8, 4) is 28.0 Å². The van der Waals surface area contributed by atoms with Crippen molar-refractivity contribution >= 4 is 11.9 Å². The van der Waals surface area contributed by atoms with Crippen molar-refractivity contribution in [2.45, 2.75) is 39.8 Å². The number of nitrogens with zero attached hydrogens (tertiary/aromatic N) is 1. The van der Waals surface area contributed by atoms with Crippen LogP contribution in [0.3, 0.4) is 0 Å². The van der Waals surface area contributed by atoms with E-state index < -0.39 is 0 Å². The van der Waals surface area contributed by atoms with Crippen LogP contribution in [-0.2, 0) is 17.7 Å². The third-order valence-electron chi connectivity index (χ3n) is 7.42. The summed E-state index contributed by atoms with van der Waals surface area (Å²) >= 11 is 0. The molecular formula is C34H33NO4. The molecule has 5 nitrogen and oxygen atoms in total. The molecule has 5 rings (SSSR count). The SMILES string of the molecule is COc1ccc(-c2ccc(C(C)=O)cc2C)cc1-c1ccc(C)cc1CN1C(=O)OC[C@@H]1Cc1ccccc1. The highest BCUT2D eigenvalue weighted by Crippen LogP contribution is 2.38. The van der Waals surface area contributed by atoms with Gasteiger partial charge in [0, 0.05) is 11.1 Å². The number of Topliss-reactive ketones (excluding diaryl/α,β-unsaturated/α-hetero) is 1. The largest absolute Gasteiger partial charge is 0.496 e. The number of ether oxygens (including phenoxy) is 2. The van der Waals surface area contributed by atoms with E-state index in [2.05, 4.69) is 43.3 Å². The molecule has 0 aromatic heterocycles. The standard InChI is InChI=1S/C34H33NO4/c1-22-10-13-31(28(16-22)20-35-29(21-39-34(35)37)18-25-8-6-5-7-9-25)32-19-27(12-15-33(32)38-4)30-14-11-26(24(3)36)17-23(30)2/h5-17,19,29H,18,20-21H2,1-4H3/t29-/m0/s1. The number of benzene rings is 4. The van der Waals surface area contributed by atoms with E-state index in [1.54, 1.807) is 14.0 Å². The van der Waals surface area contributed by atoms with Crippen molar-refractivity contribution in [2.24, 2.45) is 0 Å². The lowest BCUT2D eigenvalue weighted by atomic mass is 9.91. The van der Waals surface area contributed by atoms with Gasteiger partial charge >= 0.3 is 6.09 Å². The molecule has 1 atom stereocenters. The molecular weight excluding hydrogens is 486 g/mol. The predicted octanol–water partition coefficient (Wildman–Crippen LogP) is 7.41. The zero-order chi connectivity index (χ0) is 27.5. The normalized spacial score (nSPS) is 14.8. The van der Waals surface area contributed by atoms with Crippen LogP contribution in [0, 0.1) is 13.8 Å². The van der Waals surface area contributed by atoms with Gasteiger partial charge in [-0.3, -0.25) is 9.69 Å². The molecule has 0 unspecified atom stereocenters. The Bertz CT molecular complexity index is 1530. The summed E-state index contributed by atoms with van der Waals surface area (Å²) in [5.41, 5.74) is 9.12. The first-order valence-corrected chi connectivity index (χ1v) is 13.2. The van der Waals surface area contributed by atoms with Crippen LogP contribution in [0.5, 0.6) is 5.75 Å². The Balaban J connectivity index is 1.53. The first-order chi connectivity index (χ1) is 18.8. The number of hydrogen-bond donors (Lipinski definition) is 0. The second-order valence-corrected chi connectivity index (χ2v) is 10.2. The van der Waals surface area contributed by atoms with Crippen molar-refractivity contribution in [2.75, 3.05) is 13.7 Å². The zero-order valence-corrected chi connectivity index (χ0v) is 22.9. The average molecular weight is 520 g/mol. The average Bonchev–Trinajstić information content (AvgIpc) is 3.27. The van der Waals surface area contributed by atoms with Gasteiger partial charge in [0.15, 0.2) is 5.78 Å². The smallest absolute Gasteiger partial charge is 0.410 e. The highest BCUT2D eigenvalue weighted by molar-refractivity contribution is 5.95. The van der Waals surface area contributed by atoms with Crippen molar-refractivity contribution in [1.82, 2.24) is 4.90 Å². The summed E-state index contributed by atoms with van der Waals surface area (Å²) in [6, 6.07) is 28.5. The Hall–Kier alpha value is -4.38. The molecule has 0 bridgehead atoms. The number of methoxy groups -OCH3 is 1. The van der Waals surface area contributed by atoms with E-state index in [1.807, 2.05) is 60.4 Å². The fraction of sp³-hybridized carbons (Fsp3) is 0.235. The Kier molecular flexibility index (Phi) is 7.51. The molecule has 1 amide bonds. The summed E-state index contributed by atoms with van der Waals surface area (Å²) in [7, 11) is 1.67. The molecule has 1 aliphatic heterocycles. The molecule has 0 N–H and O–H groups in total. The van der Waals surface area contributed by atoms with Crippen LogP contribution in [0.15, 0.2) is 84.9 Å². The van der Waals surface area contributed by atoms with Gasteiger partial charge in [-0.2, -0.15) is 0 Å². The van der Waals surface area contributed by atoms with E-state index in [9.17, 15) is 9.59 Å². The number of aryl methyl sites for hydroxylation is 2. The predicted molar refractivity (Wildman–Crippen MR) is 154 cm³/mol. The Labute approximate surface area is 230 Å². The van der Waals surface area contributed by atoms with Crippen LogP contribution in [0.25, 0.3) is 22.3 Å². The maximum atomic E-state index is 12.8. The molecule has 5 heteroatoms. The van der Waals surface area contributed by atoms with Crippen LogP contribution in [0.2, 0.25) is 0 Å². The van der Waals surface area contributed by atoms with Gasteiger partial charge in [0.1, 0.15) is 12.4 Å². The van der Waals surface area contributed by atoms with Gasteiger partial charge in [-0.25, -0.2) is 4.79 Å². The van der Waals surface area contributed by atoms with E-state index in [-0.39, 0.29) is 17.9 Å². The Morgan fingerprint density at radius 2 is 1.69 bits per heavy atom. The molecule has 1 heterocycles. The summed E-state index contributed by atoms with van der Waals surface area (Å²) < 4.78 is 11.3. The molecule has 0 radical (unpaired) electrons. The van der Waals surface area contributed by atoms with Gasteiger partial charge in [0.25, 0.3) is 0 Å². The maximum absolute atomic E-state index is 12.8. The number of rotatable bonds is 8. The Morgan fingerprint density at radius 3 is 2.41 bits per heavy atom. The molecule has 1 saturated heterocycles. The summed E-state index contributed by atoms with van der Waals surface area (Å²) in [4.78, 5) is 26.6. The number of carbonyl (C=O) groups excluding carboxylic acids is 2. The molecule has 198 valence electrons. The lowest BCUT2D eigenvalue weighted by Crippen LogP contribution is -2.34. The van der Waals surface area contributed by atoms with E-state index in [1.165, 1.54) is 5.56 Å². The summed E-state index contributed by atoms with van der Waals surface area (Å²) in [5, 5.41) is 0. The van der Waals surface area contributed by atoms with E-state index >= 15 is 0 Å². The highest BCUT2D eigenvalue weighted by atomic mass is 16.6. The van der Waals surface area contributed by atoms with Crippen LogP contribution in [0.1, 0.15) is 39.5 Å². The number of amides is 1. The van der Waals surface area contributed by atoms with Gasteiger partial charge < -0.3 is 9.47 Å². The van der Waals surface area contributed by atoms with E-state index in [4.69, 9.17) is 9.47 Å². The summed E-state index contributed by atoms with van der Waals surface area (Å²) in [6.45, 7) is 6.48. The van der Waals surface area contributed by atoms with Gasteiger partial charge in [0.2, 0.25) is 0 Å². The third-order valence-corrected chi connectivity index (χ3v) is 7.42. The lowest BCUT2D eigenvalue weighted by Gasteiger charge is -2.24. The van der Waals surface area contributed by atoms with Crippen LogP contribution >= 0.6 is 0 Å². The first kappa shape index (κ1) is 26.2. The Morgan fingerprint density at radius 1 is 0.923 bits per heavy atom. The summed E-state index contributed by atoms with van der Waals surface area (Å²) in [5.74, 6) is 0.807. The first-order valence-electron chi connectivity index (χ1n) is 13.2. The fourth-order valence-corrected chi connectivity index (χ4v) is 5.33. The van der Waals surface area contributed by atoms with Crippen molar-refractivity contribution in [3.63, 3.8) is 0 Å². The number of ketones is 1. The van der Waals surface area contributed by atoms with Gasteiger partial charge in [0.05, 0.1) is 19.7 Å². The molecule has 39 heavy (non-hydrogen) atoms. The minimum atomic E-state index is -0.287. The molecule has 0 spiro atoms. The van der Waals surface area contributed by atoms with Crippen LogP contribution in [0.4, 0.5) is 4.79 Å². The van der Waals surface area contributed by atoms with Crippen molar-refractivity contribution in [1.29, 1.82) is 0 Å². The summed E-state index contributed by atoms with van der Waals surface area (Å²) in [6.07, 6.45) is 0.451. The van der Waals surface area contributed by atoms with E-state index in [0.717, 1.165) is 51.1 Å². The third kappa shape index (κ3) is 5.58. The van der Waals surface area contributed by atoms with Crippen LogP contribution in [-0.4, -0.2) is 36.5 Å². The van der Waals surface area contributed by atoms with Gasteiger partial charge in [-0.1, -0.05) is 72.3 Å². The maximum Gasteiger partial charge on any atom is 0.410 e. The molecule has 1 aliphatic rings. The molecule has 0 saturated carbocycles. The number of cyclic esters (lactones) is 1. The highest BCUT2D eigenvalue weighted by Gasteiger charge is 2.33. The number of carbonyl (C=O) groups is 2. The number of hydrogen-bond acceptors (Lipinski definition) is 4. The van der Waals surface area contributed by atoms with Crippen LogP contribution < -0.4 is 4.74 Å². The van der Waals surface area contributed by atoms with Crippen molar-refractivity contribution < 1.29 is 19.1 Å². The zero-order valence-electron chi connectivity index (χ0n) is 22.9. The minimum absolute atomic E-state index is 0.0380. The van der Waals surface area contributed by atoms with E-state index in [0.29, 0.717) is 18.7 Å². The molecule has 0 aliphatic carbocycles. The van der Waals surface area contributed by atoms with Crippen molar-refractivity contribution in [3.05, 3.63) is 113 Å². The fourth-order valence-electron chi connectivity index (χ4n) is 5.33. The minimum Gasteiger partial charge on any atom is -0.496 e. The second kappa shape index (κ2) is 11.2. The topological polar surface area (TPSA) is 55.8 Å². The molecule has 4 aromatic rings. The molecule has 1 fully saturated rings. The lowest BCUT2D eigenvalue weighted by molar-refractivity contribution is 0.101.